The summed E-state index contributed by atoms with van der Waals surface area (Å²) in [5, 5.41) is 9.58. The van der Waals surface area contributed by atoms with Crippen LogP contribution in [0.4, 0.5) is 8.78 Å². The van der Waals surface area contributed by atoms with Gasteiger partial charge in [0, 0.05) is 18.2 Å². The first-order chi connectivity index (χ1) is 10.1. The van der Waals surface area contributed by atoms with Gasteiger partial charge in [-0.25, -0.2) is 8.78 Å². The summed E-state index contributed by atoms with van der Waals surface area (Å²) in [7, 11) is 0. The van der Waals surface area contributed by atoms with Crippen molar-refractivity contribution in [1.82, 2.24) is 4.90 Å². The minimum Gasteiger partial charge on any atom is -0.394 e. The standard InChI is InChI=1S/C16H13F2NO2/c17-12-5-11(6-13(18)7-12)15(9-20)19-8-10-3-1-2-4-14(10)16(19)21/h1-7,15,20H,8-9H2. The molecule has 0 aliphatic carbocycles. The third kappa shape index (κ3) is 2.40. The predicted molar refractivity (Wildman–Crippen MR) is 72.5 cm³/mol. The van der Waals surface area contributed by atoms with Crippen LogP contribution in [-0.2, 0) is 6.54 Å². The van der Waals surface area contributed by atoms with Crippen LogP contribution in [0.25, 0.3) is 0 Å². The maximum absolute atomic E-state index is 13.3. The van der Waals surface area contributed by atoms with Gasteiger partial charge >= 0.3 is 0 Å². The number of hydrogen-bond acceptors (Lipinski definition) is 2. The van der Waals surface area contributed by atoms with E-state index in [2.05, 4.69) is 0 Å². The van der Waals surface area contributed by atoms with Gasteiger partial charge in [-0.3, -0.25) is 4.79 Å². The van der Waals surface area contributed by atoms with Gasteiger partial charge in [-0.1, -0.05) is 18.2 Å². The highest BCUT2D eigenvalue weighted by atomic mass is 19.1. The molecule has 3 rings (SSSR count). The van der Waals surface area contributed by atoms with E-state index >= 15 is 0 Å². The minimum atomic E-state index is -0.768. The topological polar surface area (TPSA) is 40.5 Å². The molecule has 1 N–H and O–H groups in total. The lowest BCUT2D eigenvalue weighted by atomic mass is 10.1. The second-order valence-corrected chi connectivity index (χ2v) is 4.99. The number of fused-ring (bicyclic) bond motifs is 1. The maximum Gasteiger partial charge on any atom is 0.255 e. The Morgan fingerprint density at radius 2 is 1.81 bits per heavy atom. The first-order valence-electron chi connectivity index (χ1n) is 6.56. The molecule has 2 aromatic carbocycles. The molecule has 0 saturated carbocycles. The lowest BCUT2D eigenvalue weighted by Gasteiger charge is -2.26. The van der Waals surface area contributed by atoms with Crippen molar-refractivity contribution in [1.29, 1.82) is 0 Å². The lowest BCUT2D eigenvalue weighted by Crippen LogP contribution is -2.31. The van der Waals surface area contributed by atoms with Gasteiger partial charge in [-0.05, 0) is 29.3 Å². The summed E-state index contributed by atoms with van der Waals surface area (Å²) in [4.78, 5) is 13.8. The van der Waals surface area contributed by atoms with E-state index in [1.165, 1.54) is 4.90 Å². The van der Waals surface area contributed by atoms with E-state index < -0.39 is 24.3 Å². The molecular formula is C16H13F2NO2. The van der Waals surface area contributed by atoms with E-state index in [0.29, 0.717) is 12.1 Å². The van der Waals surface area contributed by atoms with Crippen LogP contribution in [0, 0.1) is 11.6 Å². The highest BCUT2D eigenvalue weighted by Crippen LogP contribution is 2.31. The summed E-state index contributed by atoms with van der Waals surface area (Å²) in [6.07, 6.45) is 0. The Balaban J connectivity index is 1.97. The van der Waals surface area contributed by atoms with E-state index in [1.54, 1.807) is 12.1 Å². The molecule has 0 spiro atoms. The van der Waals surface area contributed by atoms with Gasteiger partial charge in [-0.15, -0.1) is 0 Å². The molecule has 108 valence electrons. The van der Waals surface area contributed by atoms with Crippen LogP contribution in [0.3, 0.4) is 0 Å². The molecule has 1 unspecified atom stereocenters. The largest absolute Gasteiger partial charge is 0.394 e. The molecule has 5 heteroatoms. The first kappa shape index (κ1) is 13.7. The van der Waals surface area contributed by atoms with Crippen LogP contribution < -0.4 is 0 Å². The first-order valence-corrected chi connectivity index (χ1v) is 6.56. The Labute approximate surface area is 120 Å². The quantitative estimate of drug-likeness (QED) is 0.943. The second-order valence-electron chi connectivity index (χ2n) is 4.99. The summed E-state index contributed by atoms with van der Waals surface area (Å²) in [5.74, 6) is -1.70. The van der Waals surface area contributed by atoms with Crippen molar-refractivity contribution in [2.75, 3.05) is 6.61 Å². The van der Waals surface area contributed by atoms with Crippen LogP contribution >= 0.6 is 0 Å². The van der Waals surface area contributed by atoms with E-state index in [0.717, 1.165) is 23.8 Å². The molecular weight excluding hydrogens is 276 g/mol. The molecule has 0 radical (unpaired) electrons. The van der Waals surface area contributed by atoms with Gasteiger partial charge < -0.3 is 10.0 Å². The number of nitrogens with zero attached hydrogens (tertiary/aromatic N) is 1. The third-order valence-corrected chi connectivity index (χ3v) is 3.67. The van der Waals surface area contributed by atoms with Crippen LogP contribution in [0.1, 0.15) is 27.5 Å². The van der Waals surface area contributed by atoms with Crippen molar-refractivity contribution >= 4 is 5.91 Å². The average Bonchev–Trinajstić information content (AvgIpc) is 2.77. The average molecular weight is 289 g/mol. The Kier molecular flexibility index (Phi) is 3.43. The Morgan fingerprint density at radius 3 is 2.43 bits per heavy atom. The monoisotopic (exact) mass is 289 g/mol. The van der Waals surface area contributed by atoms with Crippen molar-refractivity contribution in [3.8, 4) is 0 Å². The van der Waals surface area contributed by atoms with Crippen LogP contribution in [0.15, 0.2) is 42.5 Å². The number of hydrogen-bond donors (Lipinski definition) is 1. The van der Waals surface area contributed by atoms with Crippen molar-refractivity contribution in [3.05, 3.63) is 70.8 Å². The molecule has 0 aromatic heterocycles. The van der Waals surface area contributed by atoms with Gasteiger partial charge in [-0.2, -0.15) is 0 Å². The Morgan fingerprint density at radius 1 is 1.14 bits per heavy atom. The zero-order chi connectivity index (χ0) is 15.0. The SMILES string of the molecule is O=C1c2ccccc2CN1C(CO)c1cc(F)cc(F)c1. The molecule has 1 atom stereocenters. The number of rotatable bonds is 3. The molecule has 0 saturated heterocycles. The molecule has 1 aliphatic heterocycles. The zero-order valence-corrected chi connectivity index (χ0v) is 11.1. The molecule has 1 aliphatic rings. The van der Waals surface area contributed by atoms with Gasteiger partial charge in [0.25, 0.3) is 5.91 Å². The van der Waals surface area contributed by atoms with Crippen LogP contribution in [-0.4, -0.2) is 22.5 Å². The maximum atomic E-state index is 13.3. The molecule has 0 bridgehead atoms. The molecule has 21 heavy (non-hydrogen) atoms. The van der Waals surface area contributed by atoms with Crippen molar-refractivity contribution in [2.45, 2.75) is 12.6 Å². The van der Waals surface area contributed by atoms with Crippen molar-refractivity contribution < 1.29 is 18.7 Å². The summed E-state index contributed by atoms with van der Waals surface area (Å²) in [6.45, 7) is -0.0824. The van der Waals surface area contributed by atoms with Gasteiger partial charge in [0.05, 0.1) is 12.6 Å². The molecule has 1 amide bonds. The van der Waals surface area contributed by atoms with Crippen molar-refractivity contribution in [2.24, 2.45) is 0 Å². The Bertz CT molecular complexity index is 682. The van der Waals surface area contributed by atoms with Crippen LogP contribution in [0.5, 0.6) is 0 Å². The number of aliphatic hydroxyl groups is 1. The highest BCUT2D eigenvalue weighted by Gasteiger charge is 2.33. The fourth-order valence-corrected chi connectivity index (χ4v) is 2.68. The normalized spacial score (nSPS) is 15.2. The number of carbonyl (C=O) groups excluding carboxylic acids is 1. The minimum absolute atomic E-state index is 0.241. The zero-order valence-electron chi connectivity index (χ0n) is 11.1. The van der Waals surface area contributed by atoms with E-state index in [4.69, 9.17) is 0 Å². The fourth-order valence-electron chi connectivity index (χ4n) is 2.68. The van der Waals surface area contributed by atoms with E-state index in [-0.39, 0.29) is 11.5 Å². The summed E-state index contributed by atoms with van der Waals surface area (Å²) < 4.78 is 26.7. The fraction of sp³-hybridized carbons (Fsp3) is 0.188. The summed E-state index contributed by atoms with van der Waals surface area (Å²) in [6, 6.07) is 9.39. The lowest BCUT2D eigenvalue weighted by molar-refractivity contribution is 0.0614. The smallest absolute Gasteiger partial charge is 0.255 e. The molecule has 3 nitrogen and oxygen atoms in total. The third-order valence-electron chi connectivity index (χ3n) is 3.67. The predicted octanol–water partition coefficient (Wildman–Crippen LogP) is 2.65. The Hall–Kier alpha value is -2.27. The van der Waals surface area contributed by atoms with E-state index in [9.17, 15) is 18.7 Å². The molecule has 0 fully saturated rings. The van der Waals surface area contributed by atoms with Gasteiger partial charge in [0.15, 0.2) is 0 Å². The van der Waals surface area contributed by atoms with Gasteiger partial charge in [0.2, 0.25) is 0 Å². The summed E-state index contributed by atoms with van der Waals surface area (Å²) in [5.41, 5.74) is 1.65. The molecule has 2 aromatic rings. The number of benzene rings is 2. The van der Waals surface area contributed by atoms with Crippen molar-refractivity contribution in [3.63, 3.8) is 0 Å². The number of amides is 1. The second kappa shape index (κ2) is 5.26. The molecule has 1 heterocycles. The number of halogens is 2. The highest BCUT2D eigenvalue weighted by molar-refractivity contribution is 5.98. The number of aliphatic hydroxyl groups excluding tert-OH is 1. The van der Waals surface area contributed by atoms with E-state index in [1.807, 2.05) is 12.1 Å². The van der Waals surface area contributed by atoms with Gasteiger partial charge in [0.1, 0.15) is 11.6 Å². The number of carbonyl (C=O) groups is 1. The summed E-state index contributed by atoms with van der Waals surface area (Å²) >= 11 is 0. The van der Waals surface area contributed by atoms with Crippen LogP contribution in [0.2, 0.25) is 0 Å².